The van der Waals surface area contributed by atoms with Crippen molar-refractivity contribution in [2.24, 2.45) is 51.4 Å². The summed E-state index contributed by atoms with van der Waals surface area (Å²) in [7, 11) is 3.45. The van der Waals surface area contributed by atoms with Gasteiger partial charge < -0.3 is 59.2 Å². The number of carbonyl (C=O) groups is 4. The highest BCUT2D eigenvalue weighted by molar-refractivity contribution is 6.21. The normalized spacial score (nSPS) is 32.2. The predicted molar refractivity (Wildman–Crippen MR) is 272 cm³/mol. The number of methoxy groups -OCH3 is 1. The Morgan fingerprint density at radius 3 is 2.29 bits per heavy atom. The fourth-order valence-electron chi connectivity index (χ4n) is 11.1. The van der Waals surface area contributed by atoms with E-state index in [9.17, 15) is 39.6 Å². The van der Waals surface area contributed by atoms with E-state index in [1.807, 2.05) is 7.05 Å². The second kappa shape index (κ2) is 22.2. The lowest BCUT2D eigenvalue weighted by Crippen LogP contribution is -2.47. The van der Waals surface area contributed by atoms with Crippen LogP contribution in [0.25, 0.3) is 10.8 Å². The van der Waals surface area contributed by atoms with Crippen LogP contribution in [-0.2, 0) is 33.3 Å². The molecular weight excluding hydrogens is 939 g/mol. The van der Waals surface area contributed by atoms with E-state index in [4.69, 9.17) is 28.7 Å². The fourth-order valence-corrected chi connectivity index (χ4v) is 11.1. The molecule has 2 fully saturated rings. The van der Waals surface area contributed by atoms with E-state index >= 15 is 0 Å². The van der Waals surface area contributed by atoms with E-state index < -0.39 is 101 Å². The van der Waals surface area contributed by atoms with Crippen LogP contribution in [0.1, 0.15) is 104 Å². The van der Waals surface area contributed by atoms with Gasteiger partial charge in [-0.25, -0.2) is 4.99 Å². The summed E-state index contributed by atoms with van der Waals surface area (Å²) in [6.45, 7) is 21.3. The van der Waals surface area contributed by atoms with Gasteiger partial charge in [0, 0.05) is 99.2 Å². The molecule has 0 aromatic heterocycles. The Bertz CT molecular complexity index is 2680. The lowest BCUT2D eigenvalue weighted by molar-refractivity contribution is -0.174. The summed E-state index contributed by atoms with van der Waals surface area (Å²) in [6, 6.07) is 0. The van der Waals surface area contributed by atoms with Crippen LogP contribution in [-0.4, -0.2) is 143 Å². The number of fused-ring (bicyclic) bond motifs is 13. The molecule has 5 bridgehead atoms. The molecule has 8 rings (SSSR count). The third kappa shape index (κ3) is 11.2. The summed E-state index contributed by atoms with van der Waals surface area (Å²) in [5.74, 6) is -9.54. The predicted octanol–water partition coefficient (Wildman–Crippen LogP) is 5.25. The maximum Gasteiger partial charge on any atom is 0.320 e. The highest BCUT2D eigenvalue weighted by Gasteiger charge is 2.51. The first-order valence-corrected chi connectivity index (χ1v) is 25.9. The lowest BCUT2D eigenvalue weighted by atomic mass is 9.78. The number of likely N-dealkylation sites (tertiary alicyclic amines) is 2. The lowest BCUT2D eigenvalue weighted by Gasteiger charge is -2.38. The van der Waals surface area contributed by atoms with E-state index in [0.29, 0.717) is 37.5 Å². The number of nitrogens with one attached hydrogen (secondary N) is 1. The summed E-state index contributed by atoms with van der Waals surface area (Å²) in [5, 5.41) is 51.4. The van der Waals surface area contributed by atoms with Crippen molar-refractivity contribution >= 4 is 40.1 Å². The monoisotopic (exact) mass is 1020 g/mol. The number of carbonyl (C=O) groups excluding carboxylic acids is 4. The summed E-state index contributed by atoms with van der Waals surface area (Å²) < 4.78 is 30.3. The van der Waals surface area contributed by atoms with Crippen molar-refractivity contribution in [3.8, 4) is 17.2 Å². The number of phenolic OH excluding ortho intramolecular Hbond substituents is 2. The van der Waals surface area contributed by atoms with Crippen molar-refractivity contribution in [2.75, 3.05) is 58.8 Å². The number of aliphatic hydroxyl groups is 2. The van der Waals surface area contributed by atoms with Crippen molar-refractivity contribution < 1.29 is 63.3 Å². The van der Waals surface area contributed by atoms with Crippen molar-refractivity contribution in [1.82, 2.24) is 9.80 Å². The molecule has 2 aromatic carbocycles. The Hall–Kier alpha value is -5.40. The minimum atomic E-state index is -2.02. The van der Waals surface area contributed by atoms with Gasteiger partial charge in [-0.05, 0) is 59.2 Å². The average Bonchev–Trinajstić information content (AvgIpc) is 3.86. The smallest absolute Gasteiger partial charge is 0.320 e. The Labute approximate surface area is 428 Å². The molecule has 0 aliphatic carbocycles. The number of hydrogen-bond acceptors (Lipinski definition) is 17. The second-order valence-electron chi connectivity index (χ2n) is 21.9. The van der Waals surface area contributed by atoms with Crippen LogP contribution < -0.4 is 20.8 Å². The first kappa shape index (κ1) is 55.4. The van der Waals surface area contributed by atoms with Crippen molar-refractivity contribution in [2.45, 2.75) is 131 Å². The summed E-state index contributed by atoms with van der Waals surface area (Å²) in [5.41, 5.74) is -0.255. The number of nitrogens with zero attached hydrogens (tertiary/aromatic N) is 4. The molecule has 0 saturated carbocycles. The Kier molecular flexibility index (Phi) is 16.8. The quantitative estimate of drug-likeness (QED) is 0.129. The minimum Gasteiger partial charge on any atom is -0.507 e. The topological polar surface area (TPSA) is 239 Å². The zero-order valence-electron chi connectivity index (χ0n) is 44.6. The van der Waals surface area contributed by atoms with Gasteiger partial charge in [-0.3, -0.25) is 24.2 Å². The highest BCUT2D eigenvalue weighted by Crippen LogP contribution is 2.51. The zero-order valence-corrected chi connectivity index (χ0v) is 44.6. The molecule has 18 heteroatoms. The maximum atomic E-state index is 15.0. The molecule has 0 radical (unpaired) electrons. The van der Waals surface area contributed by atoms with Gasteiger partial charge in [0.25, 0.3) is 11.7 Å². The maximum absolute atomic E-state index is 15.0. The third-order valence-electron chi connectivity index (χ3n) is 15.8. The van der Waals surface area contributed by atoms with Crippen LogP contribution in [0.5, 0.6) is 17.2 Å². The molecule has 5 N–H and O–H groups in total. The van der Waals surface area contributed by atoms with Crippen molar-refractivity contribution in [3.05, 3.63) is 58.0 Å². The van der Waals surface area contributed by atoms with Crippen LogP contribution in [0.3, 0.4) is 0 Å². The molecule has 6 aliphatic heterocycles. The molecule has 2 unspecified atom stereocenters. The van der Waals surface area contributed by atoms with Crippen molar-refractivity contribution in [1.29, 1.82) is 0 Å². The number of allylic oxidation sites excluding steroid dienone is 2. The number of benzene rings is 2. The largest absolute Gasteiger partial charge is 0.507 e. The minimum absolute atomic E-state index is 0.0221. The third-order valence-corrected chi connectivity index (χ3v) is 15.8. The van der Waals surface area contributed by atoms with E-state index in [2.05, 4.69) is 34.0 Å². The molecule has 2 saturated heterocycles. The SMILES string of the molecule is CO[C@H]1/C=C/O[C@@]2(C)Oc3c(C)c(O)c4c(O)c(c5c(c4c3C2=O)NC2(CCN(CC(C)C)CC2)N=5)=NC(=O)/C(C)=C\C=C\[C@H](C)[C@H](O)[C@@H](C)[C@@H](O)[C@@H](C)[C@H](OC(=O)C(C)C(=O)OCC2CCCN(C)C2)[C@@H]1C. The number of Topliss-reactive ketones (excluding diaryl/α,β-unsaturated/α-hetero) is 1. The number of rotatable bonds is 8. The molecule has 73 heavy (non-hydrogen) atoms. The number of piperidine rings is 2. The molecule has 1 spiro atoms. The Morgan fingerprint density at radius 1 is 0.932 bits per heavy atom. The molecule has 6 heterocycles. The zero-order chi connectivity index (χ0) is 53.4. The van der Waals surface area contributed by atoms with Crippen LogP contribution in [0.4, 0.5) is 5.69 Å². The summed E-state index contributed by atoms with van der Waals surface area (Å²) in [6.07, 6.45) is 6.17. The van der Waals surface area contributed by atoms with E-state index in [1.54, 1.807) is 53.7 Å². The molecule has 6 aliphatic rings. The van der Waals surface area contributed by atoms with Gasteiger partial charge in [-0.2, -0.15) is 0 Å². The Balaban J connectivity index is 1.29. The molecule has 400 valence electrons. The summed E-state index contributed by atoms with van der Waals surface area (Å²) >= 11 is 0. The van der Waals surface area contributed by atoms with Crippen LogP contribution >= 0.6 is 0 Å². The van der Waals surface area contributed by atoms with Crippen LogP contribution in [0.2, 0.25) is 0 Å². The highest BCUT2D eigenvalue weighted by atomic mass is 16.7. The number of phenols is 2. The van der Waals surface area contributed by atoms with E-state index in [-0.39, 0.29) is 56.5 Å². The van der Waals surface area contributed by atoms with Crippen LogP contribution in [0, 0.1) is 48.3 Å². The number of aliphatic hydroxyl groups excluding tert-OH is 2. The molecule has 11 atom stereocenters. The van der Waals surface area contributed by atoms with Gasteiger partial charge in [0.2, 0.25) is 0 Å². The number of ketones is 1. The van der Waals surface area contributed by atoms with Gasteiger partial charge in [0.1, 0.15) is 34.0 Å². The number of ether oxygens (including phenoxy) is 5. The van der Waals surface area contributed by atoms with Gasteiger partial charge in [0.05, 0.1) is 47.8 Å². The fraction of sp³-hybridized carbons (Fsp3) is 0.636. The van der Waals surface area contributed by atoms with Crippen LogP contribution in [0.15, 0.2) is 46.1 Å². The van der Waals surface area contributed by atoms with Gasteiger partial charge in [-0.15, -0.1) is 0 Å². The van der Waals surface area contributed by atoms with Gasteiger partial charge >= 0.3 is 17.7 Å². The number of anilines is 1. The van der Waals surface area contributed by atoms with Gasteiger partial charge in [0.15, 0.2) is 11.7 Å². The number of amides is 1. The number of esters is 2. The van der Waals surface area contributed by atoms with Crippen molar-refractivity contribution in [3.63, 3.8) is 0 Å². The first-order valence-electron chi connectivity index (χ1n) is 25.9. The molecule has 2 aromatic rings. The number of aromatic hydroxyl groups is 2. The first-order chi connectivity index (χ1) is 34.4. The van der Waals surface area contributed by atoms with Gasteiger partial charge in [-0.1, -0.05) is 59.8 Å². The van der Waals surface area contributed by atoms with E-state index in [0.717, 1.165) is 32.5 Å². The number of hydrogen-bond donors (Lipinski definition) is 5. The Morgan fingerprint density at radius 2 is 1.63 bits per heavy atom. The summed E-state index contributed by atoms with van der Waals surface area (Å²) in [4.78, 5) is 70.3. The average molecular weight is 1020 g/mol. The molecular formula is C55H77N5O13. The standard InChI is InChI=1S/C55H77N5O13/c1-28(2)25-60-22-19-55(20-23-60)57-41-38-39-46(63)34(8)49-40(38)50(65)54(10,73-49)71-24-18-37(69-12)31(5)48(72-53(68)35(9)52(67)70-27-36-17-14-21-59(11)26-36)33(7)45(62)32(6)44(61)29(3)15-13-16-30(4)51(66)56-43(47(39)64)42(41)58-55/h13,15-16,18,24,28-29,31-33,35-37,44-45,48,57,61-64H,14,17,19-23,25-27H2,1-12H3/b15-13+,24-18+,30-16-,56-43?/t29-,31+,32+,33+,35?,36?,37-,44-,45+,48+,54-/m0/s1. The molecule has 18 nitrogen and oxygen atoms in total. The molecule has 1 amide bonds. The second-order valence-corrected chi connectivity index (χ2v) is 21.9. The van der Waals surface area contributed by atoms with E-state index in [1.165, 1.54) is 39.4 Å².